The quantitative estimate of drug-likeness (QED) is 0.214. The third-order valence-corrected chi connectivity index (χ3v) is 4.95. The van der Waals surface area contributed by atoms with Crippen molar-refractivity contribution in [1.29, 1.82) is 0 Å². The number of aryl methyl sites for hydroxylation is 2. The van der Waals surface area contributed by atoms with Gasteiger partial charge in [-0.05, 0) is 44.2 Å². The summed E-state index contributed by atoms with van der Waals surface area (Å²) in [4.78, 5) is 4.27. The summed E-state index contributed by atoms with van der Waals surface area (Å²) in [6.07, 6.45) is 2.61. The van der Waals surface area contributed by atoms with Gasteiger partial charge >= 0.3 is 0 Å². The summed E-state index contributed by atoms with van der Waals surface area (Å²) >= 11 is 0. The van der Waals surface area contributed by atoms with Crippen LogP contribution in [0.2, 0.25) is 0 Å². The second kappa shape index (κ2) is 12.4. The number of para-hydroxylation sites is 1. The van der Waals surface area contributed by atoms with Crippen molar-refractivity contribution in [3.8, 4) is 5.75 Å². The molecule has 6 nitrogen and oxygen atoms in total. The van der Waals surface area contributed by atoms with Crippen molar-refractivity contribution in [1.82, 2.24) is 10.6 Å². The lowest BCUT2D eigenvalue weighted by Crippen LogP contribution is -2.44. The minimum atomic E-state index is 0. The SMILES string of the molecule is CN=C(NCCCOc1c(C)cccc1C)NCC1(CCO)CCOC1.I. The van der Waals surface area contributed by atoms with E-state index in [-0.39, 0.29) is 36.0 Å². The lowest BCUT2D eigenvalue weighted by molar-refractivity contribution is 0.127. The van der Waals surface area contributed by atoms with Crippen LogP contribution < -0.4 is 15.4 Å². The van der Waals surface area contributed by atoms with Gasteiger partial charge in [-0.25, -0.2) is 0 Å². The molecule has 0 spiro atoms. The molecule has 0 amide bonds. The Morgan fingerprint density at radius 3 is 2.63 bits per heavy atom. The first-order valence-corrected chi connectivity index (χ1v) is 9.42. The minimum Gasteiger partial charge on any atom is -0.493 e. The van der Waals surface area contributed by atoms with Crippen molar-refractivity contribution in [3.05, 3.63) is 29.3 Å². The third-order valence-electron chi connectivity index (χ3n) is 4.95. The Labute approximate surface area is 180 Å². The average molecular weight is 491 g/mol. The van der Waals surface area contributed by atoms with Gasteiger partial charge in [-0.15, -0.1) is 24.0 Å². The topological polar surface area (TPSA) is 75.1 Å². The zero-order valence-electron chi connectivity index (χ0n) is 16.7. The maximum absolute atomic E-state index is 9.30. The highest BCUT2D eigenvalue weighted by Crippen LogP contribution is 2.31. The largest absolute Gasteiger partial charge is 0.493 e. The Balaban J connectivity index is 0.00000364. The van der Waals surface area contributed by atoms with Gasteiger partial charge in [0.05, 0.1) is 13.2 Å². The molecule has 154 valence electrons. The normalized spacial score (nSPS) is 19.5. The molecular formula is C20H34IN3O3. The number of aliphatic hydroxyl groups excluding tert-OH is 1. The Bertz CT molecular complexity index is 570. The van der Waals surface area contributed by atoms with Crippen LogP contribution in [0.15, 0.2) is 23.2 Å². The third kappa shape index (κ3) is 7.46. The van der Waals surface area contributed by atoms with Gasteiger partial charge in [-0.2, -0.15) is 0 Å². The van der Waals surface area contributed by atoms with E-state index in [0.29, 0.717) is 13.2 Å². The number of benzene rings is 1. The van der Waals surface area contributed by atoms with Gasteiger partial charge in [0.2, 0.25) is 0 Å². The van der Waals surface area contributed by atoms with Crippen LogP contribution in [0.5, 0.6) is 5.75 Å². The molecule has 1 aromatic carbocycles. The van der Waals surface area contributed by atoms with Crippen molar-refractivity contribution in [2.75, 3.05) is 46.6 Å². The van der Waals surface area contributed by atoms with E-state index in [1.54, 1.807) is 7.05 Å². The van der Waals surface area contributed by atoms with E-state index in [1.807, 2.05) is 6.07 Å². The van der Waals surface area contributed by atoms with Crippen molar-refractivity contribution < 1.29 is 14.6 Å². The lowest BCUT2D eigenvalue weighted by atomic mass is 9.84. The van der Waals surface area contributed by atoms with Crippen molar-refractivity contribution >= 4 is 29.9 Å². The summed E-state index contributed by atoms with van der Waals surface area (Å²) in [5, 5.41) is 16.0. The maximum atomic E-state index is 9.30. The molecule has 1 aliphatic heterocycles. The molecule has 0 aliphatic carbocycles. The lowest BCUT2D eigenvalue weighted by Gasteiger charge is -2.27. The number of halogens is 1. The summed E-state index contributed by atoms with van der Waals surface area (Å²) in [6.45, 7) is 8.00. The maximum Gasteiger partial charge on any atom is 0.191 e. The van der Waals surface area contributed by atoms with Crippen LogP contribution in [-0.4, -0.2) is 57.6 Å². The molecule has 0 aromatic heterocycles. The predicted molar refractivity (Wildman–Crippen MR) is 120 cm³/mol. The van der Waals surface area contributed by atoms with E-state index in [9.17, 15) is 5.11 Å². The number of nitrogens with zero attached hydrogens (tertiary/aromatic N) is 1. The summed E-state index contributed by atoms with van der Waals surface area (Å²) in [7, 11) is 1.77. The van der Waals surface area contributed by atoms with Crippen molar-refractivity contribution in [2.45, 2.75) is 33.1 Å². The molecule has 1 atom stereocenters. The first-order valence-electron chi connectivity index (χ1n) is 9.42. The second-order valence-corrected chi connectivity index (χ2v) is 7.05. The van der Waals surface area contributed by atoms with E-state index in [0.717, 1.165) is 50.7 Å². The average Bonchev–Trinajstić information content (AvgIpc) is 3.08. The summed E-state index contributed by atoms with van der Waals surface area (Å²) in [5.74, 6) is 1.77. The standard InChI is InChI=1S/C20H33N3O3.HI/c1-16-6-4-7-17(2)18(16)26-12-5-10-22-19(21-3)23-14-20(8-11-24)9-13-25-15-20;/h4,6-7,24H,5,8-15H2,1-3H3,(H2,21,22,23);1H. The summed E-state index contributed by atoms with van der Waals surface area (Å²) in [6, 6.07) is 6.19. The number of nitrogens with one attached hydrogen (secondary N) is 2. The first-order chi connectivity index (χ1) is 12.6. The van der Waals surface area contributed by atoms with Gasteiger partial charge < -0.3 is 25.2 Å². The van der Waals surface area contributed by atoms with Crippen LogP contribution in [0.25, 0.3) is 0 Å². The zero-order chi connectivity index (χ0) is 18.8. The number of aliphatic hydroxyl groups is 1. The molecule has 27 heavy (non-hydrogen) atoms. The van der Waals surface area contributed by atoms with Gasteiger partial charge in [-0.3, -0.25) is 4.99 Å². The fourth-order valence-corrected chi connectivity index (χ4v) is 3.28. The fourth-order valence-electron chi connectivity index (χ4n) is 3.28. The molecule has 7 heteroatoms. The highest BCUT2D eigenvalue weighted by molar-refractivity contribution is 14.0. The molecule has 1 saturated heterocycles. The van der Waals surface area contributed by atoms with Crippen LogP contribution in [-0.2, 0) is 4.74 Å². The van der Waals surface area contributed by atoms with Crippen LogP contribution in [0.3, 0.4) is 0 Å². The number of hydrogen-bond acceptors (Lipinski definition) is 4. The molecule has 1 fully saturated rings. The molecule has 1 heterocycles. The van der Waals surface area contributed by atoms with Gasteiger partial charge in [0.25, 0.3) is 0 Å². The number of hydrogen-bond donors (Lipinski definition) is 3. The summed E-state index contributed by atoms with van der Waals surface area (Å²) in [5.41, 5.74) is 2.35. The van der Waals surface area contributed by atoms with Gasteiger partial charge in [0.1, 0.15) is 5.75 Å². The highest BCUT2D eigenvalue weighted by atomic mass is 127. The van der Waals surface area contributed by atoms with Gasteiger partial charge in [-0.1, -0.05) is 18.2 Å². The smallest absolute Gasteiger partial charge is 0.191 e. The monoisotopic (exact) mass is 491 g/mol. The Kier molecular flexibility index (Phi) is 11.0. The number of guanidine groups is 1. The molecule has 0 radical (unpaired) electrons. The number of aliphatic imine (C=N–C) groups is 1. The Morgan fingerprint density at radius 1 is 1.30 bits per heavy atom. The fraction of sp³-hybridized carbons (Fsp3) is 0.650. The second-order valence-electron chi connectivity index (χ2n) is 7.05. The number of ether oxygens (including phenoxy) is 2. The molecular weight excluding hydrogens is 457 g/mol. The molecule has 0 saturated carbocycles. The minimum absolute atomic E-state index is 0. The molecule has 0 bridgehead atoms. The van der Waals surface area contributed by atoms with Crippen LogP contribution >= 0.6 is 24.0 Å². The molecule has 2 rings (SSSR count). The van der Waals surface area contributed by atoms with E-state index in [2.05, 4.69) is 41.6 Å². The van der Waals surface area contributed by atoms with Crippen LogP contribution in [0.1, 0.15) is 30.4 Å². The van der Waals surface area contributed by atoms with Gasteiger partial charge in [0, 0.05) is 38.8 Å². The molecule has 1 aromatic rings. The molecule has 1 unspecified atom stereocenters. The zero-order valence-corrected chi connectivity index (χ0v) is 19.0. The summed E-state index contributed by atoms with van der Waals surface area (Å²) < 4.78 is 11.5. The first kappa shape index (κ1) is 24.0. The van der Waals surface area contributed by atoms with Crippen LogP contribution in [0.4, 0.5) is 0 Å². The Hall–Kier alpha value is -1.06. The van der Waals surface area contributed by atoms with E-state index in [4.69, 9.17) is 9.47 Å². The number of rotatable bonds is 9. The van der Waals surface area contributed by atoms with E-state index in [1.165, 1.54) is 11.1 Å². The van der Waals surface area contributed by atoms with E-state index >= 15 is 0 Å². The Morgan fingerprint density at radius 2 is 2.04 bits per heavy atom. The molecule has 1 aliphatic rings. The van der Waals surface area contributed by atoms with E-state index < -0.39 is 0 Å². The van der Waals surface area contributed by atoms with Gasteiger partial charge in [0.15, 0.2) is 5.96 Å². The predicted octanol–water partition coefficient (Wildman–Crippen LogP) is 2.64. The highest BCUT2D eigenvalue weighted by Gasteiger charge is 2.34. The van der Waals surface area contributed by atoms with Crippen LogP contribution in [0, 0.1) is 19.3 Å². The van der Waals surface area contributed by atoms with Crippen molar-refractivity contribution in [3.63, 3.8) is 0 Å². The van der Waals surface area contributed by atoms with Crippen molar-refractivity contribution in [2.24, 2.45) is 10.4 Å². The molecule has 3 N–H and O–H groups in total.